The van der Waals surface area contributed by atoms with Gasteiger partial charge in [-0.15, -0.1) is 0 Å². The van der Waals surface area contributed by atoms with Crippen LogP contribution < -0.4 is 16.6 Å². The maximum absolute atomic E-state index is 13.9. The smallest absolute Gasteiger partial charge is 0.355 e. The number of carbonyl (C=O) groups excluding carboxylic acids is 1. The summed E-state index contributed by atoms with van der Waals surface area (Å²) in [7, 11) is 1.40. The van der Waals surface area contributed by atoms with Crippen molar-refractivity contribution in [2.75, 3.05) is 7.05 Å². The number of halogens is 3. The van der Waals surface area contributed by atoms with Crippen molar-refractivity contribution in [2.45, 2.75) is 33.0 Å². The van der Waals surface area contributed by atoms with Gasteiger partial charge < -0.3 is 5.32 Å². The zero-order chi connectivity index (χ0) is 28.6. The molecule has 39 heavy (non-hydrogen) atoms. The first kappa shape index (κ1) is 27.1. The lowest BCUT2D eigenvalue weighted by Gasteiger charge is -2.21. The summed E-state index contributed by atoms with van der Waals surface area (Å²) >= 11 is 0. The van der Waals surface area contributed by atoms with E-state index in [4.69, 9.17) is 5.26 Å². The molecule has 0 aliphatic carbocycles. The summed E-state index contributed by atoms with van der Waals surface area (Å²) in [4.78, 5) is 40.3. The van der Waals surface area contributed by atoms with Gasteiger partial charge in [-0.25, -0.2) is 9.48 Å². The van der Waals surface area contributed by atoms with E-state index in [1.807, 2.05) is 6.07 Å². The molecular weight excluding hydrogens is 513 g/mol. The predicted molar refractivity (Wildman–Crippen MR) is 137 cm³/mol. The van der Waals surface area contributed by atoms with Crippen molar-refractivity contribution >= 4 is 5.91 Å². The predicted octanol–water partition coefficient (Wildman–Crippen LogP) is 3.99. The Balaban J connectivity index is 2.15. The topological polar surface area (TPSA) is 115 Å². The lowest BCUT2D eigenvalue weighted by Crippen LogP contribution is -2.43. The molecule has 0 saturated carbocycles. The van der Waals surface area contributed by atoms with E-state index in [0.29, 0.717) is 11.3 Å². The van der Waals surface area contributed by atoms with Gasteiger partial charge in [0.2, 0.25) is 0 Å². The van der Waals surface area contributed by atoms with Gasteiger partial charge in [0.05, 0.1) is 51.6 Å². The number of alkyl halides is 3. The molecule has 0 aliphatic rings. The Bertz CT molecular complexity index is 1740. The highest BCUT2D eigenvalue weighted by molar-refractivity contribution is 6.00. The maximum atomic E-state index is 13.9. The third-order valence-electron chi connectivity index (χ3n) is 6.19. The standard InChI is InChI=1S/C27H23F3N6O3/c1-15(2)34-25(38)22(16(3)35(26(34)39)20-7-5-6-18(12-20)27(28,29)30)23-21(24(37)32-4)14-33-36(23)19-10-8-17(13-31)9-11-19/h5-12,14-15H,1-4H3,(H,32,37). The molecule has 0 spiro atoms. The minimum atomic E-state index is -4.66. The maximum Gasteiger partial charge on any atom is 0.416 e. The fourth-order valence-corrected chi connectivity index (χ4v) is 4.34. The Hall–Kier alpha value is -4.92. The van der Waals surface area contributed by atoms with Gasteiger partial charge >= 0.3 is 11.9 Å². The van der Waals surface area contributed by atoms with Gasteiger partial charge in [-0.2, -0.15) is 23.5 Å². The number of nitrogens with one attached hydrogen (secondary N) is 1. The lowest BCUT2D eigenvalue weighted by atomic mass is 10.1. The van der Waals surface area contributed by atoms with Gasteiger partial charge in [-0.3, -0.25) is 18.7 Å². The van der Waals surface area contributed by atoms with Crippen molar-refractivity contribution in [3.05, 3.63) is 98.0 Å². The molecule has 200 valence electrons. The first-order chi connectivity index (χ1) is 18.4. The van der Waals surface area contributed by atoms with Crippen molar-refractivity contribution in [3.8, 4) is 28.7 Å². The first-order valence-electron chi connectivity index (χ1n) is 11.8. The zero-order valence-corrected chi connectivity index (χ0v) is 21.4. The first-order valence-corrected chi connectivity index (χ1v) is 11.8. The van der Waals surface area contributed by atoms with E-state index in [-0.39, 0.29) is 28.2 Å². The van der Waals surface area contributed by atoms with Gasteiger partial charge in [-0.05, 0) is 63.2 Å². The molecule has 2 aromatic heterocycles. The number of hydrogen-bond acceptors (Lipinski definition) is 5. The fourth-order valence-electron chi connectivity index (χ4n) is 4.34. The Labute approximate surface area is 220 Å². The minimum Gasteiger partial charge on any atom is -0.355 e. The molecule has 0 fully saturated rings. The van der Waals surface area contributed by atoms with E-state index in [1.54, 1.807) is 26.0 Å². The Morgan fingerprint density at radius 1 is 1.08 bits per heavy atom. The molecule has 0 radical (unpaired) electrons. The van der Waals surface area contributed by atoms with Crippen LogP contribution in [0.3, 0.4) is 0 Å². The van der Waals surface area contributed by atoms with E-state index >= 15 is 0 Å². The van der Waals surface area contributed by atoms with Gasteiger partial charge in [0.1, 0.15) is 0 Å². The van der Waals surface area contributed by atoms with Crippen LogP contribution in [0, 0.1) is 18.3 Å². The van der Waals surface area contributed by atoms with E-state index in [9.17, 15) is 27.6 Å². The Morgan fingerprint density at radius 2 is 1.74 bits per heavy atom. The molecule has 1 N–H and O–H groups in total. The van der Waals surface area contributed by atoms with Gasteiger partial charge in [0.15, 0.2) is 0 Å². The molecular formula is C27H23F3N6O3. The average Bonchev–Trinajstić information content (AvgIpc) is 3.32. The van der Waals surface area contributed by atoms with Crippen LogP contribution in [-0.4, -0.2) is 31.9 Å². The van der Waals surface area contributed by atoms with Crippen LogP contribution in [0.25, 0.3) is 22.6 Å². The molecule has 0 atom stereocenters. The summed E-state index contributed by atoms with van der Waals surface area (Å²) in [6.45, 7) is 4.61. The largest absolute Gasteiger partial charge is 0.416 e. The molecule has 9 nitrogen and oxygen atoms in total. The van der Waals surface area contributed by atoms with Gasteiger partial charge in [-0.1, -0.05) is 6.07 Å². The molecule has 0 bridgehead atoms. The normalized spacial score (nSPS) is 11.5. The third-order valence-corrected chi connectivity index (χ3v) is 6.19. The number of aromatic nitrogens is 4. The molecule has 2 aromatic carbocycles. The number of nitriles is 1. The number of benzene rings is 2. The third kappa shape index (κ3) is 4.74. The molecule has 0 aliphatic heterocycles. The SMILES string of the molecule is CNC(=O)c1cnn(-c2ccc(C#N)cc2)c1-c1c(C)n(-c2cccc(C(F)(F)F)c2)c(=O)n(C(C)C)c1=O. The van der Waals surface area contributed by atoms with Gasteiger partial charge in [0.25, 0.3) is 11.5 Å². The van der Waals surface area contributed by atoms with E-state index in [2.05, 4.69) is 10.4 Å². The monoisotopic (exact) mass is 536 g/mol. The number of amides is 1. The highest BCUT2D eigenvalue weighted by Gasteiger charge is 2.32. The second kappa shape index (κ2) is 10.1. The van der Waals surface area contributed by atoms with E-state index in [0.717, 1.165) is 21.3 Å². The molecule has 4 aromatic rings. The van der Waals surface area contributed by atoms with Crippen molar-refractivity contribution in [3.63, 3.8) is 0 Å². The zero-order valence-electron chi connectivity index (χ0n) is 21.4. The summed E-state index contributed by atoms with van der Waals surface area (Å²) < 4.78 is 43.8. The van der Waals surface area contributed by atoms with Crippen molar-refractivity contribution in [1.82, 2.24) is 24.2 Å². The van der Waals surface area contributed by atoms with Crippen LogP contribution in [0.2, 0.25) is 0 Å². The number of nitrogens with zero attached hydrogens (tertiary/aromatic N) is 5. The average molecular weight is 537 g/mol. The molecule has 0 unspecified atom stereocenters. The summed E-state index contributed by atoms with van der Waals surface area (Å²) in [6, 6.07) is 11.8. The summed E-state index contributed by atoms with van der Waals surface area (Å²) in [5.74, 6) is -0.573. The van der Waals surface area contributed by atoms with Crippen LogP contribution in [-0.2, 0) is 6.18 Å². The summed E-state index contributed by atoms with van der Waals surface area (Å²) in [5.41, 5.74) is -1.90. The quantitative estimate of drug-likeness (QED) is 0.414. The minimum absolute atomic E-state index is 0.00612. The highest BCUT2D eigenvalue weighted by Crippen LogP contribution is 2.32. The van der Waals surface area contributed by atoms with Crippen LogP contribution in [0.1, 0.15) is 47.1 Å². The molecule has 1 amide bonds. The fraction of sp³-hybridized carbons (Fsp3) is 0.222. The van der Waals surface area contributed by atoms with E-state index < -0.39 is 34.9 Å². The van der Waals surface area contributed by atoms with Crippen LogP contribution >= 0.6 is 0 Å². The van der Waals surface area contributed by atoms with Crippen molar-refractivity contribution in [2.24, 2.45) is 0 Å². The molecule has 4 rings (SSSR count). The van der Waals surface area contributed by atoms with Crippen molar-refractivity contribution < 1.29 is 18.0 Å². The highest BCUT2D eigenvalue weighted by atomic mass is 19.4. The van der Waals surface area contributed by atoms with Crippen LogP contribution in [0.5, 0.6) is 0 Å². The summed E-state index contributed by atoms with van der Waals surface area (Å²) in [5, 5.41) is 16.0. The van der Waals surface area contributed by atoms with E-state index in [1.165, 1.54) is 49.1 Å². The second-order valence-corrected chi connectivity index (χ2v) is 8.95. The number of carbonyl (C=O) groups is 1. The second-order valence-electron chi connectivity index (χ2n) is 8.95. The van der Waals surface area contributed by atoms with Crippen LogP contribution in [0.4, 0.5) is 13.2 Å². The number of rotatable bonds is 5. The molecule has 2 heterocycles. The summed E-state index contributed by atoms with van der Waals surface area (Å²) in [6.07, 6.45) is -3.41. The lowest BCUT2D eigenvalue weighted by molar-refractivity contribution is -0.137. The number of hydrogen-bond donors (Lipinski definition) is 1. The molecule has 0 saturated heterocycles. The van der Waals surface area contributed by atoms with Crippen molar-refractivity contribution in [1.29, 1.82) is 5.26 Å². The van der Waals surface area contributed by atoms with Gasteiger partial charge in [0, 0.05) is 18.8 Å². The Kier molecular flexibility index (Phi) is 7.02. The Morgan fingerprint density at radius 3 is 2.31 bits per heavy atom. The molecule has 12 heteroatoms. The van der Waals surface area contributed by atoms with Crippen LogP contribution in [0.15, 0.2) is 64.3 Å².